The molecule has 0 aliphatic rings. The number of rotatable bonds is 1. The Hall–Kier alpha value is -0.830. The van der Waals surface area contributed by atoms with Gasteiger partial charge in [0, 0.05) is 13.2 Å². The second-order valence-electron chi connectivity index (χ2n) is 1.68. The molecule has 0 aromatic carbocycles. The van der Waals surface area contributed by atoms with Gasteiger partial charge in [-0.1, -0.05) is 13.8 Å². The van der Waals surface area contributed by atoms with Gasteiger partial charge in [-0.15, -0.1) is 0 Å². The predicted octanol–water partition coefficient (Wildman–Crippen LogP) is 1.83. The summed E-state index contributed by atoms with van der Waals surface area (Å²) in [5.41, 5.74) is 0.430. The molecule has 0 N–H and O–H groups in total. The van der Waals surface area contributed by atoms with Crippen molar-refractivity contribution >= 4 is 16.8 Å². The fourth-order valence-electron chi connectivity index (χ4n) is 0.523. The van der Waals surface area contributed by atoms with E-state index >= 15 is 0 Å². The van der Waals surface area contributed by atoms with Crippen LogP contribution >= 0.6 is 11.6 Å². The van der Waals surface area contributed by atoms with Crippen LogP contribution in [0.15, 0.2) is 12.4 Å². The van der Waals surface area contributed by atoms with Crippen molar-refractivity contribution in [3.63, 3.8) is 0 Å². The molecule has 0 unspecified atom stereocenters. The Balaban J connectivity index is 0.000000461. The first-order valence-electron chi connectivity index (χ1n) is 3.38. The summed E-state index contributed by atoms with van der Waals surface area (Å²) in [5.74, 6) is 0. The van der Waals surface area contributed by atoms with Crippen molar-refractivity contribution in [2.24, 2.45) is 7.05 Å². The van der Waals surface area contributed by atoms with Crippen LogP contribution in [0, 0.1) is 0 Å². The number of halogens is 1. The van der Waals surface area contributed by atoms with Crippen LogP contribution in [0.25, 0.3) is 0 Å². The molecular weight excluding hydrogens is 164 g/mol. The van der Waals surface area contributed by atoms with Crippen LogP contribution in [-0.4, -0.2) is 15.0 Å². The highest BCUT2D eigenvalue weighted by Gasteiger charge is 2.01. The molecule has 0 bridgehead atoms. The maximum Gasteiger partial charge on any atom is 0.255 e. The lowest BCUT2D eigenvalue weighted by Crippen LogP contribution is -1.86. The van der Waals surface area contributed by atoms with Crippen LogP contribution < -0.4 is 0 Å². The fourth-order valence-corrected chi connectivity index (χ4v) is 0.620. The summed E-state index contributed by atoms with van der Waals surface area (Å²) in [4.78, 5) is 10.4. The number of carbonyl (C=O) groups is 1. The van der Waals surface area contributed by atoms with Crippen LogP contribution in [0.3, 0.4) is 0 Å². The molecule has 0 spiro atoms. The van der Waals surface area contributed by atoms with Gasteiger partial charge in [-0.2, -0.15) is 5.10 Å². The molecule has 1 heterocycles. The van der Waals surface area contributed by atoms with Crippen molar-refractivity contribution in [2.45, 2.75) is 13.8 Å². The quantitative estimate of drug-likeness (QED) is 0.609. The minimum atomic E-state index is -0.469. The Labute approximate surface area is 71.0 Å². The van der Waals surface area contributed by atoms with E-state index in [4.69, 9.17) is 11.6 Å². The van der Waals surface area contributed by atoms with Gasteiger partial charge in [0.2, 0.25) is 0 Å². The standard InChI is InChI=1S/C5H5ClN2O.C2H6/c1-8-3-4(2-7-8)5(6)9;1-2/h2-3H,1H3;1-2H3. The van der Waals surface area contributed by atoms with E-state index in [1.165, 1.54) is 10.9 Å². The van der Waals surface area contributed by atoms with E-state index < -0.39 is 5.24 Å². The van der Waals surface area contributed by atoms with Crippen LogP contribution in [0.4, 0.5) is 0 Å². The third kappa shape index (κ3) is 3.18. The van der Waals surface area contributed by atoms with Crippen LogP contribution in [0.5, 0.6) is 0 Å². The third-order valence-electron chi connectivity index (χ3n) is 0.932. The van der Waals surface area contributed by atoms with E-state index in [-0.39, 0.29) is 0 Å². The number of nitrogens with zero attached hydrogens (tertiary/aromatic N) is 2. The van der Waals surface area contributed by atoms with Gasteiger partial charge in [-0.05, 0) is 11.6 Å². The Morgan fingerprint density at radius 1 is 1.64 bits per heavy atom. The number of carbonyl (C=O) groups excluding carboxylic acids is 1. The number of hydrogen-bond acceptors (Lipinski definition) is 2. The minimum Gasteiger partial charge on any atom is -0.275 e. The molecule has 0 aliphatic carbocycles. The zero-order valence-electron chi connectivity index (χ0n) is 6.84. The van der Waals surface area contributed by atoms with Gasteiger partial charge in [-0.25, -0.2) is 0 Å². The Kier molecular flexibility index (Phi) is 4.54. The third-order valence-corrected chi connectivity index (χ3v) is 1.15. The lowest BCUT2D eigenvalue weighted by molar-refractivity contribution is 0.108. The molecule has 1 aromatic heterocycles. The summed E-state index contributed by atoms with van der Waals surface area (Å²) in [7, 11) is 1.73. The van der Waals surface area contributed by atoms with Crippen molar-refractivity contribution in [3.8, 4) is 0 Å². The highest BCUT2D eigenvalue weighted by molar-refractivity contribution is 6.67. The zero-order chi connectivity index (χ0) is 8.85. The first kappa shape index (κ1) is 10.2. The van der Waals surface area contributed by atoms with Gasteiger partial charge in [0.25, 0.3) is 5.24 Å². The lowest BCUT2D eigenvalue weighted by atomic mass is 10.4. The molecule has 0 saturated heterocycles. The fraction of sp³-hybridized carbons (Fsp3) is 0.429. The molecule has 0 saturated carbocycles. The van der Waals surface area contributed by atoms with E-state index in [9.17, 15) is 4.79 Å². The maximum absolute atomic E-state index is 10.4. The molecule has 1 rings (SSSR count). The monoisotopic (exact) mass is 174 g/mol. The van der Waals surface area contributed by atoms with Crippen molar-refractivity contribution in [1.82, 2.24) is 9.78 Å². The van der Waals surface area contributed by atoms with Crippen LogP contribution in [-0.2, 0) is 7.05 Å². The van der Waals surface area contributed by atoms with E-state index in [2.05, 4.69) is 5.10 Å². The van der Waals surface area contributed by atoms with Gasteiger partial charge in [0.05, 0.1) is 11.8 Å². The Bertz CT molecular complexity index is 232. The highest BCUT2D eigenvalue weighted by atomic mass is 35.5. The van der Waals surface area contributed by atoms with E-state index in [1.54, 1.807) is 13.2 Å². The molecule has 0 radical (unpaired) electrons. The van der Waals surface area contributed by atoms with Gasteiger partial charge >= 0.3 is 0 Å². The molecule has 11 heavy (non-hydrogen) atoms. The summed E-state index contributed by atoms with van der Waals surface area (Å²) in [6.45, 7) is 4.00. The Morgan fingerprint density at radius 2 is 2.18 bits per heavy atom. The van der Waals surface area contributed by atoms with Crippen molar-refractivity contribution in [3.05, 3.63) is 18.0 Å². The average Bonchev–Trinajstić information content (AvgIpc) is 2.40. The summed E-state index contributed by atoms with van der Waals surface area (Å²) >= 11 is 5.12. The molecule has 0 amide bonds. The van der Waals surface area contributed by atoms with Gasteiger partial charge in [-0.3, -0.25) is 9.48 Å². The molecule has 3 nitrogen and oxygen atoms in total. The van der Waals surface area contributed by atoms with Gasteiger partial charge in [0.15, 0.2) is 0 Å². The first-order chi connectivity index (χ1) is 5.20. The SMILES string of the molecule is CC.Cn1cc(C(=O)Cl)cn1. The molecule has 0 aliphatic heterocycles. The summed E-state index contributed by atoms with van der Waals surface area (Å²) in [5, 5.41) is 3.28. The average molecular weight is 175 g/mol. The molecule has 62 valence electrons. The minimum absolute atomic E-state index is 0.430. The van der Waals surface area contributed by atoms with E-state index in [0.29, 0.717) is 5.56 Å². The molecule has 0 fully saturated rings. The summed E-state index contributed by atoms with van der Waals surface area (Å²) < 4.78 is 1.52. The molecule has 1 aromatic rings. The predicted molar refractivity (Wildman–Crippen MR) is 44.7 cm³/mol. The number of hydrogen-bond donors (Lipinski definition) is 0. The first-order valence-corrected chi connectivity index (χ1v) is 3.76. The van der Waals surface area contributed by atoms with E-state index in [1.807, 2.05) is 13.8 Å². The lowest BCUT2D eigenvalue weighted by Gasteiger charge is -1.80. The van der Waals surface area contributed by atoms with Crippen molar-refractivity contribution in [2.75, 3.05) is 0 Å². The van der Waals surface area contributed by atoms with Crippen molar-refractivity contribution in [1.29, 1.82) is 0 Å². The topological polar surface area (TPSA) is 34.9 Å². The van der Waals surface area contributed by atoms with Crippen LogP contribution in [0.1, 0.15) is 24.2 Å². The number of aryl methyl sites for hydroxylation is 1. The second kappa shape index (κ2) is 4.91. The van der Waals surface area contributed by atoms with Crippen molar-refractivity contribution < 1.29 is 4.79 Å². The zero-order valence-corrected chi connectivity index (χ0v) is 7.59. The molecular formula is C7H11ClN2O. The normalized spacial score (nSPS) is 8.36. The molecule has 0 atom stereocenters. The summed E-state index contributed by atoms with van der Waals surface area (Å²) in [6, 6.07) is 0. The maximum atomic E-state index is 10.4. The molecule has 4 heteroatoms. The van der Waals surface area contributed by atoms with Gasteiger partial charge < -0.3 is 0 Å². The number of aromatic nitrogens is 2. The van der Waals surface area contributed by atoms with E-state index in [0.717, 1.165) is 0 Å². The van der Waals surface area contributed by atoms with Crippen LogP contribution in [0.2, 0.25) is 0 Å². The smallest absolute Gasteiger partial charge is 0.255 e. The highest BCUT2D eigenvalue weighted by Crippen LogP contribution is 1.99. The Morgan fingerprint density at radius 3 is 2.36 bits per heavy atom. The largest absolute Gasteiger partial charge is 0.275 e. The van der Waals surface area contributed by atoms with Gasteiger partial charge in [0.1, 0.15) is 0 Å². The second-order valence-corrected chi connectivity index (χ2v) is 2.02. The summed E-state index contributed by atoms with van der Waals surface area (Å²) in [6.07, 6.45) is 2.99.